The van der Waals surface area contributed by atoms with E-state index in [-0.39, 0.29) is 0 Å². The Morgan fingerprint density at radius 3 is 2.95 bits per heavy atom. The summed E-state index contributed by atoms with van der Waals surface area (Å²) < 4.78 is 10.4. The topological polar surface area (TPSA) is 60.2 Å². The fourth-order valence-corrected chi connectivity index (χ4v) is 1.72. The Morgan fingerprint density at radius 1 is 1.32 bits per heavy atom. The second kappa shape index (κ2) is 6.89. The molecule has 1 aromatic carbocycles. The van der Waals surface area contributed by atoms with Crippen molar-refractivity contribution in [2.45, 2.75) is 26.9 Å². The second-order valence-electron chi connectivity index (χ2n) is 4.23. The summed E-state index contributed by atoms with van der Waals surface area (Å²) in [6.45, 7) is 5.84. The van der Waals surface area contributed by atoms with E-state index in [1.807, 2.05) is 19.1 Å². The minimum Gasteiger partial charge on any atom is -0.384 e. The monoisotopic (exact) mass is 261 g/mol. The largest absolute Gasteiger partial charge is 0.384 e. The van der Waals surface area contributed by atoms with E-state index in [4.69, 9.17) is 9.26 Å². The maximum Gasteiger partial charge on any atom is 0.228 e. The third-order valence-electron chi connectivity index (χ3n) is 2.74. The molecule has 2 rings (SSSR count). The summed E-state index contributed by atoms with van der Waals surface area (Å²) in [6.07, 6.45) is 0.702. The summed E-state index contributed by atoms with van der Waals surface area (Å²) in [6, 6.07) is 8.18. The Bertz CT molecular complexity index is 511. The van der Waals surface area contributed by atoms with Crippen LogP contribution < -0.4 is 5.32 Å². The number of ether oxygens (including phenoxy) is 1. The van der Waals surface area contributed by atoms with Crippen molar-refractivity contribution in [3.05, 3.63) is 41.5 Å². The average Bonchev–Trinajstić information content (AvgIpc) is 2.86. The lowest BCUT2D eigenvalue weighted by Gasteiger charge is -2.07. The highest BCUT2D eigenvalue weighted by molar-refractivity contribution is 5.50. The number of anilines is 1. The number of hydrogen-bond acceptors (Lipinski definition) is 5. The normalized spacial score (nSPS) is 10.6. The molecule has 1 N–H and O–H groups in total. The van der Waals surface area contributed by atoms with Gasteiger partial charge in [-0.1, -0.05) is 23.4 Å². The Kier molecular flexibility index (Phi) is 4.92. The molecule has 0 aliphatic rings. The van der Waals surface area contributed by atoms with Crippen LogP contribution in [0.2, 0.25) is 0 Å². The van der Waals surface area contributed by atoms with Gasteiger partial charge in [-0.3, -0.25) is 0 Å². The first kappa shape index (κ1) is 13.5. The number of hydrogen-bond donors (Lipinski definition) is 1. The van der Waals surface area contributed by atoms with Gasteiger partial charge >= 0.3 is 0 Å². The van der Waals surface area contributed by atoms with E-state index in [0.717, 1.165) is 12.2 Å². The van der Waals surface area contributed by atoms with Gasteiger partial charge in [-0.2, -0.15) is 4.98 Å². The summed E-state index contributed by atoms with van der Waals surface area (Å²) in [7, 11) is 0. The molecule has 0 saturated heterocycles. The predicted octanol–water partition coefficient (Wildman–Crippen LogP) is 2.57. The van der Waals surface area contributed by atoms with Gasteiger partial charge in [0.1, 0.15) is 6.61 Å². The van der Waals surface area contributed by atoms with Gasteiger partial charge in [-0.05, 0) is 25.5 Å². The van der Waals surface area contributed by atoms with Crippen LogP contribution in [0.25, 0.3) is 0 Å². The van der Waals surface area contributed by atoms with Crippen LogP contribution in [0.5, 0.6) is 0 Å². The van der Waals surface area contributed by atoms with Gasteiger partial charge < -0.3 is 14.6 Å². The van der Waals surface area contributed by atoms with Crippen molar-refractivity contribution in [3.8, 4) is 0 Å². The van der Waals surface area contributed by atoms with Crippen molar-refractivity contribution in [1.29, 1.82) is 0 Å². The van der Waals surface area contributed by atoms with Crippen molar-refractivity contribution in [2.24, 2.45) is 0 Å². The molecule has 102 valence electrons. The molecule has 0 aliphatic heterocycles. The molecule has 0 amide bonds. The maximum absolute atomic E-state index is 5.22. The van der Waals surface area contributed by atoms with E-state index < -0.39 is 0 Å². The van der Waals surface area contributed by atoms with E-state index in [0.29, 0.717) is 31.3 Å². The van der Waals surface area contributed by atoms with Crippen molar-refractivity contribution < 1.29 is 9.26 Å². The van der Waals surface area contributed by atoms with Crippen molar-refractivity contribution in [1.82, 2.24) is 10.1 Å². The SMILES string of the molecule is CCOCc1noc(CCNc2ccccc2C)n1. The Labute approximate surface area is 113 Å². The molecule has 1 heterocycles. The molecule has 5 nitrogen and oxygen atoms in total. The Hall–Kier alpha value is -1.88. The number of aromatic nitrogens is 2. The predicted molar refractivity (Wildman–Crippen MR) is 73.0 cm³/mol. The van der Waals surface area contributed by atoms with Crippen LogP contribution in [-0.4, -0.2) is 23.3 Å². The highest BCUT2D eigenvalue weighted by atomic mass is 16.5. The quantitative estimate of drug-likeness (QED) is 0.830. The van der Waals surface area contributed by atoms with Crippen molar-refractivity contribution in [2.75, 3.05) is 18.5 Å². The van der Waals surface area contributed by atoms with E-state index in [2.05, 4.69) is 34.5 Å². The van der Waals surface area contributed by atoms with E-state index in [1.165, 1.54) is 5.56 Å². The van der Waals surface area contributed by atoms with E-state index in [9.17, 15) is 0 Å². The highest BCUT2D eigenvalue weighted by Gasteiger charge is 2.06. The molecule has 19 heavy (non-hydrogen) atoms. The molecule has 0 radical (unpaired) electrons. The van der Waals surface area contributed by atoms with Crippen LogP contribution in [0, 0.1) is 6.92 Å². The lowest BCUT2D eigenvalue weighted by atomic mass is 10.2. The zero-order valence-corrected chi connectivity index (χ0v) is 11.3. The molecular formula is C14H19N3O2. The number of benzene rings is 1. The van der Waals surface area contributed by atoms with Gasteiger partial charge in [0.2, 0.25) is 5.89 Å². The van der Waals surface area contributed by atoms with Crippen LogP contribution in [-0.2, 0) is 17.8 Å². The number of rotatable bonds is 7. The second-order valence-corrected chi connectivity index (χ2v) is 4.23. The fraction of sp³-hybridized carbons (Fsp3) is 0.429. The lowest BCUT2D eigenvalue weighted by molar-refractivity contribution is 0.126. The van der Waals surface area contributed by atoms with Crippen molar-refractivity contribution in [3.63, 3.8) is 0 Å². The lowest BCUT2D eigenvalue weighted by Crippen LogP contribution is -2.06. The van der Waals surface area contributed by atoms with Crippen LogP contribution >= 0.6 is 0 Å². The Morgan fingerprint density at radius 2 is 2.16 bits per heavy atom. The van der Waals surface area contributed by atoms with Crippen LogP contribution in [0.3, 0.4) is 0 Å². The number of nitrogens with one attached hydrogen (secondary N) is 1. The molecular weight excluding hydrogens is 242 g/mol. The van der Waals surface area contributed by atoms with Gasteiger partial charge in [0.05, 0.1) is 0 Å². The molecule has 0 saturated carbocycles. The van der Waals surface area contributed by atoms with Gasteiger partial charge in [-0.25, -0.2) is 0 Å². The first-order valence-electron chi connectivity index (χ1n) is 6.48. The maximum atomic E-state index is 5.22. The summed E-state index contributed by atoms with van der Waals surface area (Å²) in [5.74, 6) is 1.24. The first-order chi connectivity index (χ1) is 9.29. The summed E-state index contributed by atoms with van der Waals surface area (Å²) in [5.41, 5.74) is 2.36. The van der Waals surface area contributed by atoms with Gasteiger partial charge in [0.25, 0.3) is 0 Å². The van der Waals surface area contributed by atoms with Crippen LogP contribution in [0.15, 0.2) is 28.8 Å². The molecule has 2 aromatic rings. The molecule has 0 atom stereocenters. The molecule has 0 fully saturated rings. The molecule has 5 heteroatoms. The fourth-order valence-electron chi connectivity index (χ4n) is 1.72. The summed E-state index contributed by atoms with van der Waals surface area (Å²) in [5, 5.41) is 7.21. The van der Waals surface area contributed by atoms with E-state index in [1.54, 1.807) is 0 Å². The molecule has 0 bridgehead atoms. The zero-order valence-electron chi connectivity index (χ0n) is 11.3. The first-order valence-corrected chi connectivity index (χ1v) is 6.48. The number of para-hydroxylation sites is 1. The summed E-state index contributed by atoms with van der Waals surface area (Å²) >= 11 is 0. The zero-order chi connectivity index (χ0) is 13.5. The standard InChI is InChI=1S/C14H19N3O2/c1-3-18-10-13-16-14(19-17-13)8-9-15-12-7-5-4-6-11(12)2/h4-7,15H,3,8-10H2,1-2H3. The molecule has 0 unspecified atom stereocenters. The molecule has 0 spiro atoms. The van der Waals surface area contributed by atoms with Gasteiger partial charge in [0.15, 0.2) is 5.82 Å². The van der Waals surface area contributed by atoms with Crippen LogP contribution in [0.1, 0.15) is 24.2 Å². The smallest absolute Gasteiger partial charge is 0.228 e. The van der Waals surface area contributed by atoms with E-state index >= 15 is 0 Å². The Balaban J connectivity index is 1.79. The third kappa shape index (κ3) is 4.06. The third-order valence-corrected chi connectivity index (χ3v) is 2.74. The highest BCUT2D eigenvalue weighted by Crippen LogP contribution is 2.12. The average molecular weight is 261 g/mol. The minimum absolute atomic E-state index is 0.408. The van der Waals surface area contributed by atoms with Gasteiger partial charge in [-0.15, -0.1) is 0 Å². The van der Waals surface area contributed by atoms with Crippen LogP contribution in [0.4, 0.5) is 5.69 Å². The summed E-state index contributed by atoms with van der Waals surface area (Å²) in [4.78, 5) is 4.26. The number of aryl methyl sites for hydroxylation is 1. The van der Waals surface area contributed by atoms with Crippen molar-refractivity contribution >= 4 is 5.69 Å². The van der Waals surface area contributed by atoms with Gasteiger partial charge in [0, 0.05) is 25.3 Å². The molecule has 1 aromatic heterocycles. The molecule has 0 aliphatic carbocycles. The minimum atomic E-state index is 0.408. The number of nitrogens with zero attached hydrogens (tertiary/aromatic N) is 2.